The van der Waals surface area contributed by atoms with Crippen molar-refractivity contribution < 1.29 is 15.0 Å². The van der Waals surface area contributed by atoms with Crippen molar-refractivity contribution in [3.05, 3.63) is 33.5 Å². The van der Waals surface area contributed by atoms with E-state index in [1.54, 1.807) is 15.6 Å². The number of aliphatic hydroxyl groups excluding tert-OH is 2. The van der Waals surface area contributed by atoms with Crippen LogP contribution < -0.4 is 0 Å². The molecule has 0 fully saturated rings. The molecule has 0 saturated heterocycles. The first kappa shape index (κ1) is 16.1. The van der Waals surface area contributed by atoms with Crippen LogP contribution >= 0.6 is 11.3 Å². The van der Waals surface area contributed by atoms with E-state index in [2.05, 4.69) is 23.9 Å². The van der Waals surface area contributed by atoms with E-state index >= 15 is 0 Å². The number of hydrogen-bond acceptors (Lipinski definition) is 6. The van der Waals surface area contributed by atoms with Gasteiger partial charge in [-0.25, -0.2) is 4.98 Å². The first-order chi connectivity index (χ1) is 11.0. The van der Waals surface area contributed by atoms with E-state index in [1.807, 2.05) is 5.38 Å². The molecule has 2 aromatic heterocycles. The number of carbonyl (C=O) groups is 1. The molecule has 1 unspecified atom stereocenters. The van der Waals surface area contributed by atoms with Crippen molar-refractivity contribution in [2.45, 2.75) is 39.0 Å². The van der Waals surface area contributed by atoms with Gasteiger partial charge in [0.25, 0.3) is 5.91 Å². The molecule has 3 heterocycles. The van der Waals surface area contributed by atoms with Crippen LogP contribution in [0.25, 0.3) is 0 Å². The molecule has 2 aromatic rings. The molecule has 1 atom stereocenters. The van der Waals surface area contributed by atoms with Crippen molar-refractivity contribution in [2.75, 3.05) is 13.2 Å². The van der Waals surface area contributed by atoms with Crippen LogP contribution in [-0.4, -0.2) is 48.9 Å². The summed E-state index contributed by atoms with van der Waals surface area (Å²) in [6.45, 7) is 5.30. The Morgan fingerprint density at radius 3 is 2.83 bits per heavy atom. The minimum absolute atomic E-state index is 0.0707. The Balaban J connectivity index is 1.75. The summed E-state index contributed by atoms with van der Waals surface area (Å²) in [7, 11) is 0. The minimum atomic E-state index is -0.982. The third kappa shape index (κ3) is 3.15. The number of hydrogen-bond donors (Lipinski definition) is 2. The lowest BCUT2D eigenvalue weighted by molar-refractivity contribution is 0.0704. The van der Waals surface area contributed by atoms with E-state index < -0.39 is 6.10 Å². The third-order valence-corrected chi connectivity index (χ3v) is 4.76. The number of carbonyl (C=O) groups excluding carboxylic acids is 1. The van der Waals surface area contributed by atoms with E-state index in [9.17, 15) is 9.90 Å². The van der Waals surface area contributed by atoms with Crippen LogP contribution in [0.2, 0.25) is 0 Å². The Hall–Kier alpha value is -1.77. The summed E-state index contributed by atoms with van der Waals surface area (Å²) in [6, 6.07) is 1.74. The quantitative estimate of drug-likeness (QED) is 0.874. The molecule has 1 amide bonds. The van der Waals surface area contributed by atoms with Gasteiger partial charge in [-0.05, 0) is 12.0 Å². The van der Waals surface area contributed by atoms with Crippen LogP contribution in [-0.2, 0) is 13.1 Å². The van der Waals surface area contributed by atoms with Gasteiger partial charge in [-0.15, -0.1) is 11.3 Å². The van der Waals surface area contributed by atoms with E-state index in [4.69, 9.17) is 5.11 Å². The molecule has 1 aliphatic heterocycles. The molecule has 0 saturated carbocycles. The minimum Gasteiger partial charge on any atom is -0.393 e. The smallest absolute Gasteiger partial charge is 0.283 e. The average Bonchev–Trinajstić information content (AvgIpc) is 3.19. The molecule has 3 rings (SSSR count). The second-order valence-electron chi connectivity index (χ2n) is 5.94. The highest BCUT2D eigenvalue weighted by Crippen LogP contribution is 2.22. The van der Waals surface area contributed by atoms with Crippen molar-refractivity contribution in [3.63, 3.8) is 0 Å². The molecule has 0 aromatic carbocycles. The van der Waals surface area contributed by atoms with E-state index in [0.717, 1.165) is 11.4 Å². The van der Waals surface area contributed by atoms with Crippen molar-refractivity contribution in [1.29, 1.82) is 0 Å². The summed E-state index contributed by atoms with van der Waals surface area (Å²) >= 11 is 1.38. The number of amides is 1. The van der Waals surface area contributed by atoms with Gasteiger partial charge < -0.3 is 15.1 Å². The van der Waals surface area contributed by atoms with Crippen LogP contribution in [0.1, 0.15) is 52.8 Å². The molecular formula is C15H20N4O3S. The van der Waals surface area contributed by atoms with Crippen molar-refractivity contribution in [1.82, 2.24) is 19.7 Å². The van der Waals surface area contributed by atoms with Crippen LogP contribution in [0.5, 0.6) is 0 Å². The number of nitrogens with zero attached hydrogens (tertiary/aromatic N) is 4. The van der Waals surface area contributed by atoms with Gasteiger partial charge >= 0.3 is 0 Å². The summed E-state index contributed by atoms with van der Waals surface area (Å²) in [5, 5.41) is 25.4. The maximum atomic E-state index is 12.6. The zero-order valence-electron chi connectivity index (χ0n) is 13.1. The number of aliphatic hydroxyl groups is 2. The van der Waals surface area contributed by atoms with E-state index in [-0.39, 0.29) is 12.5 Å². The van der Waals surface area contributed by atoms with Gasteiger partial charge in [0.1, 0.15) is 6.10 Å². The topological polar surface area (TPSA) is 91.5 Å². The SMILES string of the molecule is CC(C)c1csc(C(=O)N2CCn3nc(C(O)CO)cc3C2)n1. The fourth-order valence-electron chi connectivity index (χ4n) is 2.50. The zero-order valence-corrected chi connectivity index (χ0v) is 14.0. The summed E-state index contributed by atoms with van der Waals surface area (Å²) in [4.78, 5) is 18.8. The van der Waals surface area contributed by atoms with Gasteiger partial charge in [0.05, 0.1) is 36.8 Å². The molecule has 0 spiro atoms. The summed E-state index contributed by atoms with van der Waals surface area (Å²) in [5.74, 6) is 0.233. The van der Waals surface area contributed by atoms with Crippen LogP contribution in [0.15, 0.2) is 11.4 Å². The molecule has 0 bridgehead atoms. The van der Waals surface area contributed by atoms with Gasteiger partial charge in [0.2, 0.25) is 0 Å². The van der Waals surface area contributed by atoms with Crippen LogP contribution in [0.3, 0.4) is 0 Å². The predicted molar refractivity (Wildman–Crippen MR) is 85.2 cm³/mol. The predicted octanol–water partition coefficient (Wildman–Crippen LogP) is 1.14. The van der Waals surface area contributed by atoms with Crippen LogP contribution in [0, 0.1) is 0 Å². The molecule has 23 heavy (non-hydrogen) atoms. The standard InChI is InChI=1S/C15H20N4O3S/c1-9(2)12-8-23-14(16-12)15(22)18-3-4-19-10(6-18)5-11(17-19)13(21)7-20/h5,8-9,13,20-21H,3-4,6-7H2,1-2H3. The van der Waals surface area contributed by atoms with Gasteiger partial charge in [0, 0.05) is 11.9 Å². The van der Waals surface area contributed by atoms with Gasteiger partial charge in [-0.1, -0.05) is 13.8 Å². The molecule has 124 valence electrons. The highest BCUT2D eigenvalue weighted by Gasteiger charge is 2.26. The van der Waals surface area contributed by atoms with Gasteiger partial charge in [-0.3, -0.25) is 9.48 Å². The average molecular weight is 336 g/mol. The van der Waals surface area contributed by atoms with E-state index in [1.165, 1.54) is 11.3 Å². The first-order valence-electron chi connectivity index (χ1n) is 7.59. The van der Waals surface area contributed by atoms with Crippen LogP contribution in [0.4, 0.5) is 0 Å². The lowest BCUT2D eigenvalue weighted by Crippen LogP contribution is -2.38. The molecule has 7 nitrogen and oxygen atoms in total. The lowest BCUT2D eigenvalue weighted by Gasteiger charge is -2.26. The number of thiazole rings is 1. The lowest BCUT2D eigenvalue weighted by atomic mass is 10.2. The largest absolute Gasteiger partial charge is 0.393 e. The second kappa shape index (κ2) is 6.38. The van der Waals surface area contributed by atoms with E-state index in [0.29, 0.717) is 36.3 Å². The maximum Gasteiger partial charge on any atom is 0.283 e. The fourth-order valence-corrected chi connectivity index (χ4v) is 3.45. The number of fused-ring (bicyclic) bond motifs is 1. The molecule has 1 aliphatic rings. The Labute approximate surface area is 138 Å². The summed E-state index contributed by atoms with van der Waals surface area (Å²) in [6.07, 6.45) is -0.982. The molecular weight excluding hydrogens is 316 g/mol. The number of rotatable bonds is 4. The summed E-state index contributed by atoms with van der Waals surface area (Å²) < 4.78 is 1.78. The summed E-state index contributed by atoms with van der Waals surface area (Å²) in [5.41, 5.74) is 2.23. The van der Waals surface area contributed by atoms with Crippen molar-refractivity contribution in [3.8, 4) is 0 Å². The Bertz CT molecular complexity index is 709. The first-order valence-corrected chi connectivity index (χ1v) is 8.47. The van der Waals surface area contributed by atoms with Gasteiger partial charge in [-0.2, -0.15) is 5.10 Å². The molecule has 2 N–H and O–H groups in total. The Morgan fingerprint density at radius 2 is 2.17 bits per heavy atom. The number of aromatic nitrogens is 3. The molecule has 8 heteroatoms. The van der Waals surface area contributed by atoms with Gasteiger partial charge in [0.15, 0.2) is 5.01 Å². The Kier molecular flexibility index (Phi) is 4.47. The maximum absolute atomic E-state index is 12.6. The highest BCUT2D eigenvalue weighted by atomic mass is 32.1. The van der Waals surface area contributed by atoms with Crippen molar-refractivity contribution >= 4 is 17.2 Å². The third-order valence-electron chi connectivity index (χ3n) is 3.91. The molecule has 0 aliphatic carbocycles. The fraction of sp³-hybridized carbons (Fsp3) is 0.533. The van der Waals surface area contributed by atoms with Crippen molar-refractivity contribution in [2.24, 2.45) is 0 Å². The monoisotopic (exact) mass is 336 g/mol. The zero-order chi connectivity index (χ0) is 16.6. The molecule has 0 radical (unpaired) electrons. The Morgan fingerprint density at radius 1 is 1.39 bits per heavy atom. The highest BCUT2D eigenvalue weighted by molar-refractivity contribution is 7.11. The second-order valence-corrected chi connectivity index (χ2v) is 6.80. The normalized spacial score (nSPS) is 15.8.